The number of benzene rings is 2. The molecule has 1 heterocycles. The highest BCUT2D eigenvalue weighted by molar-refractivity contribution is 5.36. The molecule has 3 rings (SSSR count). The van der Waals surface area contributed by atoms with Crippen molar-refractivity contribution in [2.45, 2.75) is 18.4 Å². The lowest BCUT2D eigenvalue weighted by molar-refractivity contribution is -0.384. The first-order valence-electron chi connectivity index (χ1n) is 7.78. The number of non-ortho nitro benzene ring substituents is 1. The van der Waals surface area contributed by atoms with Gasteiger partial charge in [-0.1, -0.05) is 30.3 Å². The SMILES string of the molecule is CN1CC[C@@H](Oc2ccc([N+](=O)[O-])cc2)[C@@H](c2ccccc2)C1. The van der Waals surface area contributed by atoms with Crippen LogP contribution in [0.15, 0.2) is 54.6 Å². The van der Waals surface area contributed by atoms with Gasteiger partial charge in [0.2, 0.25) is 0 Å². The van der Waals surface area contributed by atoms with Gasteiger partial charge in [0, 0.05) is 31.1 Å². The molecule has 2 atom stereocenters. The Morgan fingerprint density at radius 2 is 1.83 bits per heavy atom. The third-order valence-corrected chi connectivity index (χ3v) is 4.32. The Morgan fingerprint density at radius 3 is 2.48 bits per heavy atom. The van der Waals surface area contributed by atoms with E-state index in [2.05, 4.69) is 24.1 Å². The van der Waals surface area contributed by atoms with Gasteiger partial charge in [-0.3, -0.25) is 10.1 Å². The summed E-state index contributed by atoms with van der Waals surface area (Å²) in [7, 11) is 2.12. The van der Waals surface area contributed by atoms with E-state index in [0.717, 1.165) is 19.5 Å². The minimum absolute atomic E-state index is 0.0788. The molecule has 1 saturated heterocycles. The topological polar surface area (TPSA) is 55.6 Å². The second kappa shape index (κ2) is 6.79. The van der Waals surface area contributed by atoms with Gasteiger partial charge in [0.15, 0.2) is 0 Å². The van der Waals surface area contributed by atoms with Crippen LogP contribution >= 0.6 is 0 Å². The van der Waals surface area contributed by atoms with E-state index in [1.54, 1.807) is 12.1 Å². The fourth-order valence-electron chi connectivity index (χ4n) is 3.08. The Hall–Kier alpha value is -2.40. The Labute approximate surface area is 135 Å². The Bertz CT molecular complexity index is 658. The molecule has 23 heavy (non-hydrogen) atoms. The number of nitro groups is 1. The number of likely N-dealkylation sites (N-methyl/N-ethyl adjacent to an activating group) is 1. The van der Waals surface area contributed by atoms with Crippen LogP contribution in [0.4, 0.5) is 5.69 Å². The summed E-state index contributed by atoms with van der Waals surface area (Å²) in [6.45, 7) is 1.93. The molecule has 5 heteroatoms. The highest BCUT2D eigenvalue weighted by Gasteiger charge is 2.30. The first-order chi connectivity index (χ1) is 11.1. The van der Waals surface area contributed by atoms with Crippen molar-refractivity contribution in [2.75, 3.05) is 20.1 Å². The molecule has 2 aromatic rings. The van der Waals surface area contributed by atoms with Gasteiger partial charge in [-0.05, 0) is 31.2 Å². The van der Waals surface area contributed by atoms with Gasteiger partial charge in [-0.15, -0.1) is 0 Å². The maximum absolute atomic E-state index is 10.7. The summed E-state index contributed by atoms with van der Waals surface area (Å²) < 4.78 is 6.16. The van der Waals surface area contributed by atoms with Crippen molar-refractivity contribution in [3.05, 3.63) is 70.3 Å². The van der Waals surface area contributed by atoms with Gasteiger partial charge in [-0.2, -0.15) is 0 Å². The average molecular weight is 312 g/mol. The molecule has 0 unspecified atom stereocenters. The lowest BCUT2D eigenvalue weighted by Gasteiger charge is -2.37. The normalized spacial score (nSPS) is 21.8. The van der Waals surface area contributed by atoms with Crippen LogP contribution in [0.3, 0.4) is 0 Å². The molecular formula is C18H20N2O3. The summed E-state index contributed by atoms with van der Waals surface area (Å²) in [6, 6.07) is 16.7. The van der Waals surface area contributed by atoms with E-state index in [4.69, 9.17) is 4.74 Å². The van der Waals surface area contributed by atoms with E-state index < -0.39 is 4.92 Å². The molecule has 1 aliphatic heterocycles. The molecule has 0 bridgehead atoms. The number of nitro benzene ring substituents is 1. The van der Waals surface area contributed by atoms with Crippen molar-refractivity contribution in [3.8, 4) is 5.75 Å². The van der Waals surface area contributed by atoms with E-state index in [1.807, 2.05) is 18.2 Å². The Balaban J connectivity index is 1.77. The van der Waals surface area contributed by atoms with Crippen LogP contribution < -0.4 is 4.74 Å². The lowest BCUT2D eigenvalue weighted by atomic mass is 9.88. The molecule has 1 fully saturated rings. The van der Waals surface area contributed by atoms with Crippen molar-refractivity contribution in [2.24, 2.45) is 0 Å². The van der Waals surface area contributed by atoms with Gasteiger partial charge in [0.05, 0.1) is 4.92 Å². The quantitative estimate of drug-likeness (QED) is 0.641. The minimum Gasteiger partial charge on any atom is -0.490 e. The van der Waals surface area contributed by atoms with Crippen LogP contribution in [0, 0.1) is 10.1 Å². The Morgan fingerprint density at radius 1 is 1.13 bits per heavy atom. The summed E-state index contributed by atoms with van der Waals surface area (Å²) in [5.41, 5.74) is 1.35. The Kier molecular flexibility index (Phi) is 4.57. The molecule has 0 amide bonds. The second-order valence-corrected chi connectivity index (χ2v) is 5.98. The molecule has 0 saturated carbocycles. The van der Waals surface area contributed by atoms with E-state index in [9.17, 15) is 10.1 Å². The molecule has 1 aliphatic rings. The minimum atomic E-state index is -0.397. The summed E-state index contributed by atoms with van der Waals surface area (Å²) in [5, 5.41) is 10.7. The fraction of sp³-hybridized carbons (Fsp3) is 0.333. The van der Waals surface area contributed by atoms with Crippen molar-refractivity contribution in [3.63, 3.8) is 0 Å². The average Bonchev–Trinajstić information content (AvgIpc) is 2.58. The van der Waals surface area contributed by atoms with Gasteiger partial charge >= 0.3 is 0 Å². The molecule has 2 aromatic carbocycles. The molecule has 5 nitrogen and oxygen atoms in total. The van der Waals surface area contributed by atoms with E-state index in [-0.39, 0.29) is 11.8 Å². The standard InChI is InChI=1S/C18H20N2O3/c1-19-12-11-18(17(13-19)14-5-3-2-4-6-14)23-16-9-7-15(8-10-16)20(21)22/h2-10,17-18H,11-13H2,1H3/t17-,18-/m1/s1. The highest BCUT2D eigenvalue weighted by atomic mass is 16.6. The second-order valence-electron chi connectivity index (χ2n) is 5.98. The van der Waals surface area contributed by atoms with Crippen LogP contribution in [0.1, 0.15) is 17.9 Å². The van der Waals surface area contributed by atoms with Crippen molar-refractivity contribution >= 4 is 5.69 Å². The molecule has 0 aromatic heterocycles. The van der Waals surface area contributed by atoms with Gasteiger partial charge in [-0.25, -0.2) is 0 Å². The summed E-state index contributed by atoms with van der Waals surface area (Å²) in [4.78, 5) is 12.7. The molecular weight excluding hydrogens is 292 g/mol. The zero-order valence-electron chi connectivity index (χ0n) is 13.1. The smallest absolute Gasteiger partial charge is 0.269 e. The van der Waals surface area contributed by atoms with Crippen LogP contribution in [0.25, 0.3) is 0 Å². The number of piperidine rings is 1. The van der Waals surface area contributed by atoms with Gasteiger partial charge < -0.3 is 9.64 Å². The number of likely N-dealkylation sites (tertiary alicyclic amines) is 1. The monoisotopic (exact) mass is 312 g/mol. The summed E-state index contributed by atoms with van der Waals surface area (Å²) in [6.07, 6.45) is 1.02. The molecule has 120 valence electrons. The molecule has 0 spiro atoms. The summed E-state index contributed by atoms with van der Waals surface area (Å²) >= 11 is 0. The van der Waals surface area contributed by atoms with Crippen LogP contribution in [-0.4, -0.2) is 36.1 Å². The van der Waals surface area contributed by atoms with E-state index in [0.29, 0.717) is 11.7 Å². The van der Waals surface area contributed by atoms with E-state index in [1.165, 1.54) is 17.7 Å². The number of hydrogen-bond acceptors (Lipinski definition) is 4. The first-order valence-corrected chi connectivity index (χ1v) is 7.78. The molecule has 0 radical (unpaired) electrons. The van der Waals surface area contributed by atoms with Crippen LogP contribution in [0.5, 0.6) is 5.75 Å². The van der Waals surface area contributed by atoms with Gasteiger partial charge in [0.25, 0.3) is 5.69 Å². The first kappa shape index (κ1) is 15.5. The van der Waals surface area contributed by atoms with E-state index >= 15 is 0 Å². The maximum Gasteiger partial charge on any atom is 0.269 e. The van der Waals surface area contributed by atoms with Crippen LogP contribution in [0.2, 0.25) is 0 Å². The van der Waals surface area contributed by atoms with Gasteiger partial charge in [0.1, 0.15) is 11.9 Å². The maximum atomic E-state index is 10.7. The third kappa shape index (κ3) is 3.68. The molecule has 0 N–H and O–H groups in total. The lowest BCUT2D eigenvalue weighted by Crippen LogP contribution is -2.42. The zero-order chi connectivity index (χ0) is 16.2. The number of hydrogen-bond donors (Lipinski definition) is 0. The zero-order valence-corrected chi connectivity index (χ0v) is 13.1. The number of rotatable bonds is 4. The predicted octanol–water partition coefficient (Wildman–Crippen LogP) is 3.46. The highest BCUT2D eigenvalue weighted by Crippen LogP contribution is 2.30. The molecule has 0 aliphatic carbocycles. The van der Waals surface area contributed by atoms with Crippen LogP contribution in [-0.2, 0) is 0 Å². The predicted molar refractivity (Wildman–Crippen MR) is 88.8 cm³/mol. The van der Waals surface area contributed by atoms with Crippen molar-refractivity contribution in [1.29, 1.82) is 0 Å². The fourth-order valence-corrected chi connectivity index (χ4v) is 3.08. The summed E-state index contributed by atoms with van der Waals surface area (Å²) in [5.74, 6) is 0.983. The third-order valence-electron chi connectivity index (χ3n) is 4.32. The number of nitrogens with zero attached hydrogens (tertiary/aromatic N) is 2. The van der Waals surface area contributed by atoms with Crippen molar-refractivity contribution in [1.82, 2.24) is 4.90 Å². The van der Waals surface area contributed by atoms with Crippen molar-refractivity contribution < 1.29 is 9.66 Å². The number of ether oxygens (including phenoxy) is 1. The largest absolute Gasteiger partial charge is 0.490 e.